The molecule has 0 aliphatic heterocycles. The predicted octanol–water partition coefficient (Wildman–Crippen LogP) is 20.3. The number of allylic oxidation sites excluding steroid dienone is 14. The fraction of sp³-hybridized carbons (Fsp3) is 0.738. The van der Waals surface area contributed by atoms with Gasteiger partial charge in [-0.05, 0) is 83.5 Å². The molecule has 0 N–H and O–H groups in total. The van der Waals surface area contributed by atoms with Crippen LogP contribution in [-0.4, -0.2) is 37.2 Å². The molecule has 1 unspecified atom stereocenters. The lowest BCUT2D eigenvalue weighted by Gasteiger charge is -2.18. The number of esters is 3. The van der Waals surface area contributed by atoms with Gasteiger partial charge in [-0.15, -0.1) is 0 Å². The summed E-state index contributed by atoms with van der Waals surface area (Å²) < 4.78 is 16.8. The van der Waals surface area contributed by atoms with Gasteiger partial charge in [-0.25, -0.2) is 0 Å². The summed E-state index contributed by atoms with van der Waals surface area (Å²) in [5, 5.41) is 0. The molecule has 0 amide bonds. The number of ether oxygens (including phenoxy) is 3. The lowest BCUT2D eigenvalue weighted by Crippen LogP contribution is -2.30. The number of carbonyl (C=O) groups is 3. The monoisotopic (exact) mass is 989 g/mol. The number of hydrogen-bond acceptors (Lipinski definition) is 6. The van der Waals surface area contributed by atoms with Crippen molar-refractivity contribution in [2.45, 2.75) is 297 Å². The van der Waals surface area contributed by atoms with Crippen molar-refractivity contribution in [1.29, 1.82) is 0 Å². The summed E-state index contributed by atoms with van der Waals surface area (Å²) in [5.41, 5.74) is 0. The Morgan fingerprint density at radius 1 is 0.296 bits per heavy atom. The number of rotatable bonds is 54. The van der Waals surface area contributed by atoms with Gasteiger partial charge in [-0.1, -0.05) is 273 Å². The smallest absolute Gasteiger partial charge is 0.306 e. The maximum Gasteiger partial charge on any atom is 0.306 e. The van der Waals surface area contributed by atoms with Crippen LogP contribution in [0.2, 0.25) is 0 Å². The average molecular weight is 990 g/mol. The minimum atomic E-state index is -0.819. The molecule has 0 saturated carbocycles. The summed E-state index contributed by atoms with van der Waals surface area (Å²) in [5.74, 6) is -0.993. The van der Waals surface area contributed by atoms with Crippen molar-refractivity contribution in [3.8, 4) is 0 Å². The molecule has 0 fully saturated rings. The molecule has 6 heteroatoms. The predicted molar refractivity (Wildman–Crippen MR) is 307 cm³/mol. The van der Waals surface area contributed by atoms with Crippen molar-refractivity contribution in [3.05, 3.63) is 85.1 Å². The zero-order valence-corrected chi connectivity index (χ0v) is 46.7. The second-order valence-electron chi connectivity index (χ2n) is 19.9. The van der Waals surface area contributed by atoms with Crippen molar-refractivity contribution in [2.75, 3.05) is 13.2 Å². The molecule has 0 heterocycles. The van der Waals surface area contributed by atoms with E-state index in [4.69, 9.17) is 14.2 Å². The molecular weight excluding hydrogens is 877 g/mol. The molecule has 0 aliphatic carbocycles. The minimum Gasteiger partial charge on any atom is -0.462 e. The van der Waals surface area contributed by atoms with E-state index in [0.717, 1.165) is 89.9 Å². The Balaban J connectivity index is 4.40. The maximum absolute atomic E-state index is 12.8. The van der Waals surface area contributed by atoms with Gasteiger partial charge in [0.25, 0.3) is 0 Å². The van der Waals surface area contributed by atoms with E-state index < -0.39 is 12.1 Å². The van der Waals surface area contributed by atoms with Gasteiger partial charge in [-0.2, -0.15) is 0 Å². The highest BCUT2D eigenvalue weighted by Gasteiger charge is 2.19. The van der Waals surface area contributed by atoms with Crippen molar-refractivity contribution in [2.24, 2.45) is 0 Å². The Kier molecular flexibility index (Phi) is 56.3. The fourth-order valence-electron chi connectivity index (χ4n) is 8.41. The van der Waals surface area contributed by atoms with Gasteiger partial charge >= 0.3 is 17.9 Å². The Labute approximate surface area is 439 Å². The minimum absolute atomic E-state index is 0.107. The quantitative estimate of drug-likeness (QED) is 0.0261. The summed E-state index contributed by atoms with van der Waals surface area (Å²) in [6.07, 6.45) is 77.4. The van der Waals surface area contributed by atoms with Crippen LogP contribution >= 0.6 is 0 Å². The van der Waals surface area contributed by atoms with E-state index in [0.29, 0.717) is 19.3 Å². The lowest BCUT2D eigenvalue weighted by atomic mass is 10.0. The second kappa shape index (κ2) is 59.2. The van der Waals surface area contributed by atoms with E-state index in [1.54, 1.807) is 0 Å². The first kappa shape index (κ1) is 67.6. The normalized spacial score (nSPS) is 12.7. The summed E-state index contributed by atoms with van der Waals surface area (Å²) >= 11 is 0. The van der Waals surface area contributed by atoms with Crippen molar-refractivity contribution < 1.29 is 28.6 Å². The Morgan fingerprint density at radius 2 is 0.577 bits per heavy atom. The van der Waals surface area contributed by atoms with Crippen LogP contribution in [0.25, 0.3) is 0 Å². The van der Waals surface area contributed by atoms with E-state index in [-0.39, 0.29) is 31.6 Å². The molecular formula is C65H112O6. The number of unbranched alkanes of at least 4 members (excludes halogenated alkanes) is 29. The van der Waals surface area contributed by atoms with Crippen LogP contribution in [0, 0.1) is 0 Å². The van der Waals surface area contributed by atoms with E-state index in [9.17, 15) is 14.4 Å². The first-order valence-electron chi connectivity index (χ1n) is 30.1. The van der Waals surface area contributed by atoms with Gasteiger partial charge in [0.2, 0.25) is 0 Å². The zero-order valence-electron chi connectivity index (χ0n) is 46.7. The maximum atomic E-state index is 12.8. The van der Waals surface area contributed by atoms with Gasteiger partial charge in [0.1, 0.15) is 13.2 Å². The molecule has 71 heavy (non-hydrogen) atoms. The molecule has 0 radical (unpaired) electrons. The largest absolute Gasteiger partial charge is 0.462 e. The molecule has 0 aliphatic rings. The van der Waals surface area contributed by atoms with Gasteiger partial charge in [0.05, 0.1) is 0 Å². The van der Waals surface area contributed by atoms with Gasteiger partial charge in [0.15, 0.2) is 6.10 Å². The molecule has 0 spiro atoms. The highest BCUT2D eigenvalue weighted by molar-refractivity contribution is 5.71. The van der Waals surface area contributed by atoms with E-state index in [1.165, 1.54) is 154 Å². The topological polar surface area (TPSA) is 78.9 Å². The second-order valence-corrected chi connectivity index (χ2v) is 19.9. The van der Waals surface area contributed by atoms with Gasteiger partial charge in [0, 0.05) is 19.3 Å². The molecule has 0 saturated heterocycles. The van der Waals surface area contributed by atoms with Crippen molar-refractivity contribution in [3.63, 3.8) is 0 Å². The number of carbonyl (C=O) groups excluding carboxylic acids is 3. The molecule has 0 bridgehead atoms. The number of hydrogen-bond donors (Lipinski definition) is 0. The molecule has 6 nitrogen and oxygen atoms in total. The van der Waals surface area contributed by atoms with Crippen LogP contribution in [0.5, 0.6) is 0 Å². The van der Waals surface area contributed by atoms with E-state index >= 15 is 0 Å². The molecule has 0 aromatic carbocycles. The highest BCUT2D eigenvalue weighted by Crippen LogP contribution is 2.16. The molecule has 0 aromatic rings. The average Bonchev–Trinajstić information content (AvgIpc) is 3.37. The highest BCUT2D eigenvalue weighted by atomic mass is 16.6. The lowest BCUT2D eigenvalue weighted by molar-refractivity contribution is -0.166. The summed E-state index contributed by atoms with van der Waals surface area (Å²) in [6, 6.07) is 0. The molecule has 1 atom stereocenters. The fourth-order valence-corrected chi connectivity index (χ4v) is 8.41. The Morgan fingerprint density at radius 3 is 0.944 bits per heavy atom. The Hall–Kier alpha value is -3.41. The summed E-state index contributed by atoms with van der Waals surface area (Å²) in [7, 11) is 0. The van der Waals surface area contributed by atoms with Crippen LogP contribution < -0.4 is 0 Å². The van der Waals surface area contributed by atoms with Crippen LogP contribution in [0.4, 0.5) is 0 Å². The van der Waals surface area contributed by atoms with Crippen molar-refractivity contribution >= 4 is 17.9 Å². The first-order chi connectivity index (χ1) is 35.0. The third-order valence-corrected chi connectivity index (χ3v) is 12.9. The van der Waals surface area contributed by atoms with E-state index in [2.05, 4.69) is 99.8 Å². The SMILES string of the molecule is CC/C=C\C/C=C\C/C=C\C/C=C\C/C=C\C/C=C\CCC(=O)OC(COC(=O)CCCCCCC/C=C\CCCCC)COC(=O)CCCCCCCCCCCCCCCCCCCCCCCC. The van der Waals surface area contributed by atoms with Gasteiger partial charge in [-0.3, -0.25) is 14.4 Å². The van der Waals surface area contributed by atoms with Crippen LogP contribution in [0.15, 0.2) is 85.1 Å². The third-order valence-electron chi connectivity index (χ3n) is 12.9. The van der Waals surface area contributed by atoms with Gasteiger partial charge < -0.3 is 14.2 Å². The summed E-state index contributed by atoms with van der Waals surface area (Å²) in [6.45, 7) is 6.46. The van der Waals surface area contributed by atoms with Crippen molar-refractivity contribution in [1.82, 2.24) is 0 Å². The van der Waals surface area contributed by atoms with E-state index in [1.807, 2.05) is 6.08 Å². The molecule has 0 aromatic heterocycles. The third kappa shape index (κ3) is 57.4. The first-order valence-corrected chi connectivity index (χ1v) is 30.1. The standard InChI is InChI=1S/C65H112O6/c1-4-7-10-13-16-19-22-25-27-29-31-32-33-35-36-38-40-43-46-49-52-55-58-64(67)70-61-62(60-69-63(66)57-54-51-48-45-42-24-21-18-15-12-9-6-3)71-65(68)59-56-53-50-47-44-41-39-37-34-30-28-26-23-20-17-14-11-8-5-2/h8,11,17-18,20-21,26,28,34,37,41,44,50,53,62H,4-7,9-10,12-16,19,22-25,27,29-33,35-36,38-40,42-43,45-49,51-52,54-61H2,1-3H3/b11-8-,20-17-,21-18-,28-26-,37-34-,44-41-,53-50-. The zero-order chi connectivity index (χ0) is 51.4. The van der Waals surface area contributed by atoms with Crippen LogP contribution in [-0.2, 0) is 28.6 Å². The molecule has 0 rings (SSSR count). The van der Waals surface area contributed by atoms with Crippen LogP contribution in [0.3, 0.4) is 0 Å². The summed E-state index contributed by atoms with van der Waals surface area (Å²) in [4.78, 5) is 38.1. The van der Waals surface area contributed by atoms with Crippen LogP contribution in [0.1, 0.15) is 290 Å². The molecule has 408 valence electrons. The Bertz CT molecular complexity index is 1370.